The van der Waals surface area contributed by atoms with Crippen LogP contribution < -0.4 is 0 Å². The van der Waals surface area contributed by atoms with Crippen molar-refractivity contribution < 1.29 is 4.39 Å². The third kappa shape index (κ3) is 1.93. The Morgan fingerprint density at radius 2 is 1.92 bits per heavy atom. The fraction of sp³-hybridized carbons (Fsp3) is 0.455. The van der Waals surface area contributed by atoms with E-state index in [1.165, 1.54) is 24.1 Å². The molecule has 0 aliphatic heterocycles. The zero-order valence-corrected chi connectivity index (χ0v) is 9.09. The Bertz CT molecular complexity index is 293. The first kappa shape index (κ1) is 9.20. The minimum Gasteiger partial charge on any atom is -0.207 e. The molecule has 1 aliphatic carbocycles. The van der Waals surface area contributed by atoms with Gasteiger partial charge in [0.15, 0.2) is 0 Å². The molecule has 0 spiro atoms. The smallest absolute Gasteiger partial charge is 0.123 e. The van der Waals surface area contributed by atoms with Crippen molar-refractivity contribution in [2.45, 2.75) is 18.2 Å². The van der Waals surface area contributed by atoms with Crippen LogP contribution in [0, 0.1) is 17.7 Å². The number of alkyl halides is 1. The Balaban J connectivity index is 2.12. The highest BCUT2D eigenvalue weighted by Gasteiger charge is 2.38. The minimum absolute atomic E-state index is 0.160. The molecule has 1 aliphatic rings. The van der Waals surface area contributed by atoms with E-state index in [2.05, 4.69) is 22.9 Å². The minimum atomic E-state index is -0.160. The third-order valence-corrected chi connectivity index (χ3v) is 3.94. The van der Waals surface area contributed by atoms with Gasteiger partial charge in [0.1, 0.15) is 5.82 Å². The maximum atomic E-state index is 12.6. The molecule has 1 saturated carbocycles. The van der Waals surface area contributed by atoms with Crippen molar-refractivity contribution in [1.29, 1.82) is 0 Å². The summed E-state index contributed by atoms with van der Waals surface area (Å²) in [5.41, 5.74) is 1.19. The van der Waals surface area contributed by atoms with Crippen LogP contribution in [-0.2, 0) is 0 Å². The van der Waals surface area contributed by atoms with Crippen LogP contribution in [0.25, 0.3) is 0 Å². The Hall–Kier alpha value is -0.370. The van der Waals surface area contributed by atoms with Crippen molar-refractivity contribution in [3.8, 4) is 0 Å². The highest BCUT2D eigenvalue weighted by atomic mass is 79.9. The van der Waals surface area contributed by atoms with Crippen LogP contribution in [0.4, 0.5) is 4.39 Å². The second-order valence-corrected chi connectivity index (χ2v) is 4.82. The number of benzene rings is 1. The quantitative estimate of drug-likeness (QED) is 0.690. The Morgan fingerprint density at radius 1 is 1.38 bits per heavy atom. The third-order valence-electron chi connectivity index (χ3n) is 2.74. The number of hydrogen-bond acceptors (Lipinski definition) is 0. The van der Waals surface area contributed by atoms with Gasteiger partial charge >= 0.3 is 0 Å². The monoisotopic (exact) mass is 242 g/mol. The SMILES string of the molecule is CC1CC1C(Br)c1ccc(F)cc1. The summed E-state index contributed by atoms with van der Waals surface area (Å²) in [5, 5.41) is 0. The van der Waals surface area contributed by atoms with Crippen LogP contribution in [0.5, 0.6) is 0 Å². The molecule has 2 rings (SSSR count). The predicted molar refractivity (Wildman–Crippen MR) is 55.3 cm³/mol. The van der Waals surface area contributed by atoms with E-state index in [1.807, 2.05) is 12.1 Å². The molecule has 13 heavy (non-hydrogen) atoms. The van der Waals surface area contributed by atoms with E-state index < -0.39 is 0 Å². The Labute approximate surface area is 86.3 Å². The molecule has 1 aromatic rings. The molecule has 2 heteroatoms. The first-order chi connectivity index (χ1) is 6.18. The molecule has 0 heterocycles. The standard InChI is InChI=1S/C11H12BrF/c1-7-6-10(7)11(12)8-2-4-9(13)5-3-8/h2-5,7,10-11H,6H2,1H3. The van der Waals surface area contributed by atoms with Crippen molar-refractivity contribution in [2.24, 2.45) is 11.8 Å². The topological polar surface area (TPSA) is 0 Å². The summed E-state index contributed by atoms with van der Waals surface area (Å²) in [5.74, 6) is 1.40. The summed E-state index contributed by atoms with van der Waals surface area (Å²) in [4.78, 5) is 0.406. The molecule has 0 N–H and O–H groups in total. The van der Waals surface area contributed by atoms with E-state index in [-0.39, 0.29) is 5.82 Å². The van der Waals surface area contributed by atoms with Gasteiger partial charge in [-0.15, -0.1) is 0 Å². The van der Waals surface area contributed by atoms with Crippen molar-refractivity contribution in [3.63, 3.8) is 0 Å². The van der Waals surface area contributed by atoms with Gasteiger partial charge in [-0.25, -0.2) is 4.39 Å². The molecule has 0 saturated heterocycles. The summed E-state index contributed by atoms with van der Waals surface area (Å²) >= 11 is 3.66. The molecule has 1 aromatic carbocycles. The maximum Gasteiger partial charge on any atom is 0.123 e. The molecule has 3 atom stereocenters. The average Bonchev–Trinajstić information content (AvgIpc) is 2.83. The van der Waals surface area contributed by atoms with Crippen LogP contribution >= 0.6 is 15.9 Å². The van der Waals surface area contributed by atoms with Crippen molar-refractivity contribution in [3.05, 3.63) is 35.6 Å². The summed E-state index contributed by atoms with van der Waals surface area (Å²) < 4.78 is 12.6. The van der Waals surface area contributed by atoms with Crippen LogP contribution in [0.1, 0.15) is 23.7 Å². The van der Waals surface area contributed by atoms with Gasteiger partial charge in [-0.1, -0.05) is 35.0 Å². The van der Waals surface area contributed by atoms with Gasteiger partial charge in [0.05, 0.1) is 0 Å². The van der Waals surface area contributed by atoms with Crippen LogP contribution in [0.3, 0.4) is 0 Å². The van der Waals surface area contributed by atoms with Crippen molar-refractivity contribution >= 4 is 15.9 Å². The lowest BCUT2D eigenvalue weighted by atomic mass is 10.1. The van der Waals surface area contributed by atoms with E-state index in [4.69, 9.17) is 0 Å². The fourth-order valence-corrected chi connectivity index (χ4v) is 2.69. The van der Waals surface area contributed by atoms with Gasteiger partial charge in [0.2, 0.25) is 0 Å². The van der Waals surface area contributed by atoms with Gasteiger partial charge in [0.25, 0.3) is 0 Å². The first-order valence-corrected chi connectivity index (χ1v) is 5.49. The second-order valence-electron chi connectivity index (χ2n) is 3.83. The van der Waals surface area contributed by atoms with Crippen molar-refractivity contribution in [1.82, 2.24) is 0 Å². The highest BCUT2D eigenvalue weighted by Crippen LogP contribution is 2.51. The largest absolute Gasteiger partial charge is 0.207 e. The van der Waals surface area contributed by atoms with Crippen LogP contribution in [0.2, 0.25) is 0 Å². The molecule has 3 unspecified atom stereocenters. The van der Waals surface area contributed by atoms with Gasteiger partial charge < -0.3 is 0 Å². The molecule has 0 radical (unpaired) electrons. The summed E-state index contributed by atoms with van der Waals surface area (Å²) in [6, 6.07) is 6.77. The van der Waals surface area contributed by atoms with Gasteiger partial charge in [-0.3, -0.25) is 0 Å². The highest BCUT2D eigenvalue weighted by molar-refractivity contribution is 9.09. The summed E-state index contributed by atoms with van der Waals surface area (Å²) in [6.07, 6.45) is 1.29. The zero-order valence-electron chi connectivity index (χ0n) is 7.50. The molecule has 0 nitrogen and oxygen atoms in total. The van der Waals surface area contributed by atoms with Gasteiger partial charge in [0, 0.05) is 4.83 Å². The van der Waals surface area contributed by atoms with Crippen LogP contribution in [-0.4, -0.2) is 0 Å². The summed E-state index contributed by atoms with van der Waals surface area (Å²) in [6.45, 7) is 2.25. The molecule has 70 valence electrons. The van der Waals surface area contributed by atoms with E-state index in [0.29, 0.717) is 4.83 Å². The fourth-order valence-electron chi connectivity index (χ4n) is 1.65. The molecule has 0 aromatic heterocycles. The lowest BCUT2D eigenvalue weighted by Crippen LogP contribution is -1.93. The first-order valence-electron chi connectivity index (χ1n) is 4.58. The Kier molecular flexibility index (Phi) is 2.41. The average molecular weight is 243 g/mol. The zero-order chi connectivity index (χ0) is 9.42. The number of rotatable bonds is 2. The van der Waals surface area contributed by atoms with E-state index in [9.17, 15) is 4.39 Å². The number of halogens is 2. The maximum absolute atomic E-state index is 12.6. The Morgan fingerprint density at radius 3 is 2.38 bits per heavy atom. The molecular weight excluding hydrogens is 231 g/mol. The molecule has 1 fully saturated rings. The van der Waals surface area contributed by atoms with Gasteiger partial charge in [-0.05, 0) is 36.0 Å². The lowest BCUT2D eigenvalue weighted by Gasteiger charge is -2.08. The summed E-state index contributed by atoms with van der Waals surface area (Å²) in [7, 11) is 0. The van der Waals surface area contributed by atoms with Crippen LogP contribution in [0.15, 0.2) is 24.3 Å². The van der Waals surface area contributed by atoms with Crippen molar-refractivity contribution in [2.75, 3.05) is 0 Å². The normalized spacial score (nSPS) is 28.5. The lowest BCUT2D eigenvalue weighted by molar-refractivity contribution is 0.626. The van der Waals surface area contributed by atoms with Gasteiger partial charge in [-0.2, -0.15) is 0 Å². The predicted octanol–water partition coefficient (Wildman–Crippen LogP) is 3.92. The molecular formula is C11H12BrF. The van der Waals surface area contributed by atoms with E-state index in [0.717, 1.165) is 11.8 Å². The molecule has 0 amide bonds. The number of hydrogen-bond donors (Lipinski definition) is 0. The van der Waals surface area contributed by atoms with E-state index >= 15 is 0 Å². The second kappa shape index (κ2) is 3.41. The van der Waals surface area contributed by atoms with E-state index in [1.54, 1.807) is 0 Å². The molecule has 0 bridgehead atoms.